The minimum Gasteiger partial charge on any atom is -0.305 e. The van der Waals surface area contributed by atoms with Crippen molar-refractivity contribution in [2.45, 2.75) is 45.7 Å². The molecule has 1 N–H and O–H groups in total. The topological polar surface area (TPSA) is 12.0 Å². The average Bonchev–Trinajstić information content (AvgIpc) is 2.81. The van der Waals surface area contributed by atoms with Gasteiger partial charge in [-0.05, 0) is 50.8 Å². The Morgan fingerprint density at radius 2 is 1.80 bits per heavy atom. The van der Waals surface area contributed by atoms with E-state index in [0.717, 1.165) is 6.54 Å². The summed E-state index contributed by atoms with van der Waals surface area (Å²) in [7, 11) is 0. The number of hydrogen-bond acceptors (Lipinski definition) is 2. The van der Waals surface area contributed by atoms with Crippen LogP contribution in [0.3, 0.4) is 0 Å². The first-order valence-corrected chi connectivity index (χ1v) is 8.61. The zero-order chi connectivity index (χ0) is 14.8. The number of nitrogens with one attached hydrogen (secondary N) is 1. The molecule has 0 saturated carbocycles. The third-order valence-electron chi connectivity index (χ3n) is 3.54. The Bertz CT molecular complexity index is 551. The summed E-state index contributed by atoms with van der Waals surface area (Å²) in [4.78, 5) is 1.35. The van der Waals surface area contributed by atoms with Crippen LogP contribution in [0.15, 0.2) is 40.2 Å². The highest BCUT2D eigenvalue weighted by atomic mass is 79.9. The summed E-state index contributed by atoms with van der Waals surface area (Å²) in [5.74, 6) is 0. The zero-order valence-corrected chi connectivity index (χ0v) is 14.9. The summed E-state index contributed by atoms with van der Waals surface area (Å²) in [6.07, 6.45) is 0. The van der Waals surface area contributed by atoms with E-state index in [1.54, 1.807) is 11.3 Å². The molecule has 0 radical (unpaired) electrons. The molecule has 1 atom stereocenters. The average molecular weight is 352 g/mol. The van der Waals surface area contributed by atoms with Gasteiger partial charge in [0, 0.05) is 21.9 Å². The number of benzene rings is 1. The highest BCUT2D eigenvalue weighted by Crippen LogP contribution is 2.25. The molecule has 1 nitrogen and oxygen atoms in total. The molecule has 0 aliphatic rings. The second-order valence-corrected chi connectivity index (χ2v) is 8.02. The van der Waals surface area contributed by atoms with E-state index in [9.17, 15) is 0 Å². The van der Waals surface area contributed by atoms with Gasteiger partial charge in [0.05, 0.1) is 0 Å². The molecule has 3 heteroatoms. The van der Waals surface area contributed by atoms with Gasteiger partial charge in [-0.25, -0.2) is 0 Å². The van der Waals surface area contributed by atoms with Crippen molar-refractivity contribution < 1.29 is 0 Å². The van der Waals surface area contributed by atoms with E-state index >= 15 is 0 Å². The predicted molar refractivity (Wildman–Crippen MR) is 92.4 cm³/mol. The van der Waals surface area contributed by atoms with Gasteiger partial charge in [0.25, 0.3) is 0 Å². The lowest BCUT2D eigenvalue weighted by Gasteiger charge is -2.20. The van der Waals surface area contributed by atoms with Gasteiger partial charge in [-0.3, -0.25) is 0 Å². The maximum absolute atomic E-state index is 3.58. The van der Waals surface area contributed by atoms with Crippen LogP contribution in [0.1, 0.15) is 49.7 Å². The van der Waals surface area contributed by atoms with Gasteiger partial charge in [0.1, 0.15) is 0 Å². The van der Waals surface area contributed by atoms with Crippen molar-refractivity contribution in [3.63, 3.8) is 0 Å². The molecule has 20 heavy (non-hydrogen) atoms. The molecule has 0 fully saturated rings. The third-order valence-corrected chi connectivity index (χ3v) is 5.46. The molecule has 0 amide bonds. The summed E-state index contributed by atoms with van der Waals surface area (Å²) in [5.41, 5.74) is 2.94. The smallest absolute Gasteiger partial charge is 0.0327 e. The third kappa shape index (κ3) is 3.94. The van der Waals surface area contributed by atoms with Crippen LogP contribution in [0.5, 0.6) is 0 Å². The van der Waals surface area contributed by atoms with Gasteiger partial charge in [-0.2, -0.15) is 0 Å². The van der Waals surface area contributed by atoms with Crippen molar-refractivity contribution in [3.8, 4) is 0 Å². The zero-order valence-electron chi connectivity index (χ0n) is 12.5. The Balaban J connectivity index is 1.99. The molecule has 1 heterocycles. The first kappa shape index (κ1) is 15.7. The molecule has 1 unspecified atom stereocenters. The Morgan fingerprint density at radius 1 is 1.15 bits per heavy atom. The van der Waals surface area contributed by atoms with Gasteiger partial charge in [-0.15, -0.1) is 11.3 Å². The molecule has 0 aliphatic carbocycles. The first-order valence-electron chi connectivity index (χ1n) is 6.93. The number of halogens is 1. The molecule has 2 rings (SSSR count). The van der Waals surface area contributed by atoms with Crippen LogP contribution in [0, 0.1) is 0 Å². The van der Waals surface area contributed by atoms with Crippen molar-refractivity contribution in [3.05, 3.63) is 56.2 Å². The van der Waals surface area contributed by atoms with Crippen molar-refractivity contribution in [2.24, 2.45) is 0 Å². The Labute approximate surface area is 134 Å². The highest BCUT2D eigenvalue weighted by molar-refractivity contribution is 9.10. The van der Waals surface area contributed by atoms with Gasteiger partial charge in [0.15, 0.2) is 0 Å². The predicted octanol–water partition coefficient (Wildman–Crippen LogP) is 5.66. The molecular formula is C17H22BrNS. The fourth-order valence-corrected chi connectivity index (χ4v) is 3.53. The Kier molecular flexibility index (Phi) is 5.05. The van der Waals surface area contributed by atoms with Crippen LogP contribution in [0.2, 0.25) is 0 Å². The highest BCUT2D eigenvalue weighted by Gasteiger charge is 2.14. The van der Waals surface area contributed by atoms with Crippen LogP contribution >= 0.6 is 27.3 Å². The summed E-state index contributed by atoms with van der Waals surface area (Å²) in [5, 5.41) is 5.70. The van der Waals surface area contributed by atoms with Crippen LogP contribution in [-0.2, 0) is 12.0 Å². The quantitative estimate of drug-likeness (QED) is 0.749. The summed E-state index contributed by atoms with van der Waals surface area (Å²) >= 11 is 5.36. The molecule has 1 aromatic carbocycles. The van der Waals surface area contributed by atoms with E-state index < -0.39 is 0 Å². The van der Waals surface area contributed by atoms with E-state index in [1.165, 1.54) is 20.5 Å². The number of rotatable bonds is 4. The van der Waals surface area contributed by atoms with Crippen molar-refractivity contribution in [1.82, 2.24) is 5.32 Å². The van der Waals surface area contributed by atoms with Crippen molar-refractivity contribution in [2.75, 3.05) is 0 Å². The van der Waals surface area contributed by atoms with Crippen LogP contribution < -0.4 is 5.32 Å². The fourth-order valence-electron chi connectivity index (χ4n) is 2.09. The first-order chi connectivity index (χ1) is 9.38. The van der Waals surface area contributed by atoms with Crippen LogP contribution in [0.25, 0.3) is 0 Å². The largest absolute Gasteiger partial charge is 0.305 e. The second kappa shape index (κ2) is 6.42. The normalized spacial score (nSPS) is 13.4. The molecule has 108 valence electrons. The fraction of sp³-hybridized carbons (Fsp3) is 0.412. The number of hydrogen-bond donors (Lipinski definition) is 1. The lowest BCUT2D eigenvalue weighted by atomic mass is 9.86. The van der Waals surface area contributed by atoms with E-state index in [4.69, 9.17) is 0 Å². The molecule has 0 bridgehead atoms. The Hall–Kier alpha value is -0.640. The van der Waals surface area contributed by atoms with E-state index in [0.29, 0.717) is 6.04 Å². The standard InChI is InChI=1S/C17H22BrNS/c1-12(19-11-16-15(18)9-10-20-16)13-5-7-14(8-6-13)17(2,3)4/h5-10,12,19H,11H2,1-4H3. The van der Waals surface area contributed by atoms with E-state index in [-0.39, 0.29) is 5.41 Å². The molecular weight excluding hydrogens is 330 g/mol. The minimum absolute atomic E-state index is 0.219. The molecule has 0 spiro atoms. The monoisotopic (exact) mass is 351 g/mol. The molecule has 0 aliphatic heterocycles. The maximum atomic E-state index is 3.58. The SMILES string of the molecule is CC(NCc1sccc1Br)c1ccc(C(C)(C)C)cc1. The minimum atomic E-state index is 0.219. The van der Waals surface area contributed by atoms with Crippen molar-refractivity contribution in [1.29, 1.82) is 0 Å². The number of thiophene rings is 1. The molecule has 2 aromatic rings. The summed E-state index contributed by atoms with van der Waals surface area (Å²) in [6, 6.07) is 11.4. The van der Waals surface area contributed by atoms with Gasteiger partial charge >= 0.3 is 0 Å². The second-order valence-electron chi connectivity index (χ2n) is 6.17. The van der Waals surface area contributed by atoms with Gasteiger partial charge in [-0.1, -0.05) is 45.0 Å². The molecule has 0 saturated heterocycles. The lowest BCUT2D eigenvalue weighted by Crippen LogP contribution is -2.18. The van der Waals surface area contributed by atoms with E-state index in [1.807, 2.05) is 0 Å². The van der Waals surface area contributed by atoms with Gasteiger partial charge in [0.2, 0.25) is 0 Å². The Morgan fingerprint density at radius 3 is 2.30 bits per heavy atom. The summed E-state index contributed by atoms with van der Waals surface area (Å²) < 4.78 is 1.20. The molecule has 1 aromatic heterocycles. The van der Waals surface area contributed by atoms with E-state index in [2.05, 4.69) is 84.7 Å². The maximum Gasteiger partial charge on any atom is 0.0327 e. The van der Waals surface area contributed by atoms with Gasteiger partial charge < -0.3 is 5.32 Å². The summed E-state index contributed by atoms with van der Waals surface area (Å²) in [6.45, 7) is 9.86. The van der Waals surface area contributed by atoms with Crippen LogP contribution in [0.4, 0.5) is 0 Å². The van der Waals surface area contributed by atoms with Crippen molar-refractivity contribution >= 4 is 27.3 Å². The lowest BCUT2D eigenvalue weighted by molar-refractivity contribution is 0.572. The van der Waals surface area contributed by atoms with Crippen LogP contribution in [-0.4, -0.2) is 0 Å².